The molecule has 0 atom stereocenters. The summed E-state index contributed by atoms with van der Waals surface area (Å²) in [6, 6.07) is 10.2. The Morgan fingerprint density at radius 1 is 1.19 bits per heavy atom. The van der Waals surface area contributed by atoms with Crippen LogP contribution in [-0.2, 0) is 27.3 Å². The first-order chi connectivity index (χ1) is 15.2. The molecule has 0 radical (unpaired) electrons. The summed E-state index contributed by atoms with van der Waals surface area (Å²) >= 11 is 5.66. The Bertz CT molecular complexity index is 1100. The summed E-state index contributed by atoms with van der Waals surface area (Å²) in [4.78, 5) is 22.1. The van der Waals surface area contributed by atoms with E-state index in [0.717, 1.165) is 6.07 Å². The molecule has 32 heavy (non-hydrogen) atoms. The fourth-order valence-corrected chi connectivity index (χ4v) is 2.71. The van der Waals surface area contributed by atoms with Gasteiger partial charge >= 0.3 is 6.18 Å². The molecule has 2 aromatic carbocycles. The van der Waals surface area contributed by atoms with Crippen LogP contribution in [0.25, 0.3) is 0 Å². The number of benzene rings is 2. The lowest BCUT2D eigenvalue weighted by Gasteiger charge is -2.10. The van der Waals surface area contributed by atoms with E-state index in [1.165, 1.54) is 33.2 Å². The van der Waals surface area contributed by atoms with Gasteiger partial charge in [-0.2, -0.15) is 13.2 Å². The third-order valence-corrected chi connectivity index (χ3v) is 4.22. The zero-order valence-corrected chi connectivity index (χ0v) is 18.1. The highest BCUT2D eigenvalue weighted by Gasteiger charge is 2.33. The quantitative estimate of drug-likeness (QED) is 0.390. The summed E-state index contributed by atoms with van der Waals surface area (Å²) in [6.07, 6.45) is -4.59. The number of nitrogens with zero attached hydrogens (tertiary/aromatic N) is 2. The second kappa shape index (κ2) is 11.2. The van der Waals surface area contributed by atoms with Crippen LogP contribution in [0.1, 0.15) is 29.2 Å². The molecule has 0 fully saturated rings. The van der Waals surface area contributed by atoms with E-state index in [1.807, 2.05) is 0 Å². The smallest absolute Gasteiger partial charge is 0.398 e. The topological polar surface area (TPSA) is 72.3 Å². The molecule has 0 saturated carbocycles. The molecule has 0 saturated heterocycles. The van der Waals surface area contributed by atoms with Crippen LogP contribution in [0.2, 0.25) is 5.02 Å². The SMILES string of the molecule is CNC(=O)/C(=N/OC)c1ccccc1CO/N=C(\C)C#Cc1ccc(Cl)cc1C(F)(F)F. The summed E-state index contributed by atoms with van der Waals surface area (Å²) in [5.74, 6) is 4.51. The van der Waals surface area contributed by atoms with Crippen molar-refractivity contribution in [2.75, 3.05) is 14.2 Å². The van der Waals surface area contributed by atoms with Crippen LogP contribution in [0.4, 0.5) is 13.2 Å². The molecule has 0 spiro atoms. The van der Waals surface area contributed by atoms with Gasteiger partial charge in [-0.15, -0.1) is 0 Å². The second-order valence-electron chi connectivity index (χ2n) is 6.25. The lowest BCUT2D eigenvalue weighted by Crippen LogP contribution is -2.29. The van der Waals surface area contributed by atoms with E-state index in [2.05, 4.69) is 27.5 Å². The van der Waals surface area contributed by atoms with E-state index in [1.54, 1.807) is 24.3 Å². The molecule has 1 N–H and O–H groups in total. The van der Waals surface area contributed by atoms with E-state index < -0.39 is 17.6 Å². The maximum absolute atomic E-state index is 13.2. The second-order valence-corrected chi connectivity index (χ2v) is 6.68. The van der Waals surface area contributed by atoms with Crippen LogP contribution >= 0.6 is 11.6 Å². The monoisotopic (exact) mass is 465 g/mol. The van der Waals surface area contributed by atoms with Gasteiger partial charge < -0.3 is 15.0 Å². The van der Waals surface area contributed by atoms with E-state index in [9.17, 15) is 18.0 Å². The highest BCUT2D eigenvalue weighted by Crippen LogP contribution is 2.33. The number of carbonyl (C=O) groups is 1. The summed E-state index contributed by atoms with van der Waals surface area (Å²) in [5.41, 5.74) is 0.115. The Morgan fingerprint density at radius 3 is 2.56 bits per heavy atom. The van der Waals surface area contributed by atoms with Crippen LogP contribution < -0.4 is 5.32 Å². The number of rotatable bonds is 6. The van der Waals surface area contributed by atoms with Gasteiger partial charge in [0, 0.05) is 28.8 Å². The average molecular weight is 466 g/mol. The van der Waals surface area contributed by atoms with Crippen molar-refractivity contribution < 1.29 is 27.6 Å². The van der Waals surface area contributed by atoms with E-state index >= 15 is 0 Å². The first kappa shape index (κ1) is 24.8. The van der Waals surface area contributed by atoms with Gasteiger partial charge in [-0.1, -0.05) is 52.1 Å². The molecular formula is C22H19ClF3N3O3. The van der Waals surface area contributed by atoms with Gasteiger partial charge in [0.05, 0.1) is 5.56 Å². The highest BCUT2D eigenvalue weighted by molar-refractivity contribution is 6.45. The summed E-state index contributed by atoms with van der Waals surface area (Å²) < 4.78 is 39.5. The number of nitrogens with one attached hydrogen (secondary N) is 1. The molecular weight excluding hydrogens is 447 g/mol. The van der Waals surface area contributed by atoms with Crippen LogP contribution in [0, 0.1) is 11.8 Å². The minimum atomic E-state index is -4.59. The Hall–Kier alpha value is -3.51. The van der Waals surface area contributed by atoms with Crippen molar-refractivity contribution in [1.82, 2.24) is 5.32 Å². The van der Waals surface area contributed by atoms with Gasteiger partial charge in [0.1, 0.15) is 19.4 Å². The normalized spacial score (nSPS) is 12.0. The molecule has 6 nitrogen and oxygen atoms in total. The van der Waals surface area contributed by atoms with Gasteiger partial charge in [0.15, 0.2) is 5.71 Å². The highest BCUT2D eigenvalue weighted by atomic mass is 35.5. The van der Waals surface area contributed by atoms with Crippen molar-refractivity contribution in [3.63, 3.8) is 0 Å². The Balaban J connectivity index is 2.20. The van der Waals surface area contributed by atoms with E-state index in [0.29, 0.717) is 11.1 Å². The van der Waals surface area contributed by atoms with Gasteiger partial charge in [-0.05, 0) is 31.0 Å². The summed E-state index contributed by atoms with van der Waals surface area (Å²) in [7, 11) is 2.78. The maximum Gasteiger partial charge on any atom is 0.417 e. The first-order valence-corrected chi connectivity index (χ1v) is 9.52. The molecule has 168 valence electrons. The van der Waals surface area contributed by atoms with Crippen molar-refractivity contribution in [2.24, 2.45) is 10.3 Å². The molecule has 0 unspecified atom stereocenters. The molecule has 2 rings (SSSR count). The van der Waals surface area contributed by atoms with Gasteiger partial charge in [0.25, 0.3) is 5.91 Å². The fraction of sp³-hybridized carbons (Fsp3) is 0.227. The van der Waals surface area contributed by atoms with Gasteiger partial charge in [0.2, 0.25) is 0 Å². The summed E-state index contributed by atoms with van der Waals surface area (Å²) in [5, 5.41) is 10.0. The molecule has 0 aliphatic carbocycles. The standard InChI is InChI=1S/C22H19ClF3N3O3/c1-14(8-9-15-10-11-17(23)12-19(15)22(24,25)26)28-32-13-16-6-4-5-7-18(16)20(29-31-3)21(30)27-2/h4-7,10-12H,13H2,1-3H3,(H,27,30)/b28-14+,29-20+. The molecule has 0 bridgehead atoms. The lowest BCUT2D eigenvalue weighted by atomic mass is 10.0. The van der Waals surface area contributed by atoms with Crippen molar-refractivity contribution in [1.29, 1.82) is 0 Å². The van der Waals surface area contributed by atoms with Crippen molar-refractivity contribution >= 4 is 28.9 Å². The summed E-state index contributed by atoms with van der Waals surface area (Å²) in [6.45, 7) is 1.45. The number of amides is 1. The van der Waals surface area contributed by atoms with Gasteiger partial charge in [-0.25, -0.2) is 0 Å². The molecule has 0 aliphatic heterocycles. The fourth-order valence-electron chi connectivity index (χ4n) is 2.54. The number of halogens is 4. The minimum absolute atomic E-state index is 0.0380. The molecule has 10 heteroatoms. The van der Waals surface area contributed by atoms with Crippen LogP contribution in [0.15, 0.2) is 52.8 Å². The molecule has 1 amide bonds. The third-order valence-electron chi connectivity index (χ3n) is 3.98. The predicted molar refractivity (Wildman–Crippen MR) is 115 cm³/mol. The molecule has 0 aromatic heterocycles. The minimum Gasteiger partial charge on any atom is -0.398 e. The number of likely N-dealkylation sites (N-methyl/N-ethyl adjacent to an activating group) is 1. The number of oxime groups is 2. The lowest BCUT2D eigenvalue weighted by molar-refractivity contribution is -0.137. The number of hydrogen-bond acceptors (Lipinski definition) is 5. The molecule has 0 heterocycles. The number of hydrogen-bond donors (Lipinski definition) is 1. The zero-order chi connectivity index (χ0) is 23.7. The zero-order valence-electron chi connectivity index (χ0n) is 17.4. The average Bonchev–Trinajstić information content (AvgIpc) is 2.76. The van der Waals surface area contributed by atoms with Crippen LogP contribution in [0.3, 0.4) is 0 Å². The molecule has 0 aliphatic rings. The van der Waals surface area contributed by atoms with E-state index in [4.69, 9.17) is 21.3 Å². The van der Waals surface area contributed by atoms with Crippen molar-refractivity contribution in [3.05, 3.63) is 69.7 Å². The Kier molecular flexibility index (Phi) is 8.67. The van der Waals surface area contributed by atoms with Crippen LogP contribution in [-0.4, -0.2) is 31.5 Å². The van der Waals surface area contributed by atoms with Crippen molar-refractivity contribution in [2.45, 2.75) is 19.7 Å². The Labute approximate surface area is 188 Å². The van der Waals surface area contributed by atoms with Crippen LogP contribution in [0.5, 0.6) is 0 Å². The maximum atomic E-state index is 13.2. The largest absolute Gasteiger partial charge is 0.417 e. The predicted octanol–water partition coefficient (Wildman–Crippen LogP) is 4.40. The number of carbonyl (C=O) groups excluding carboxylic acids is 1. The first-order valence-electron chi connectivity index (χ1n) is 9.14. The third kappa shape index (κ3) is 6.75. The van der Waals surface area contributed by atoms with Gasteiger partial charge in [-0.3, -0.25) is 4.79 Å². The Morgan fingerprint density at radius 2 is 1.91 bits per heavy atom. The molecule has 2 aromatic rings. The number of alkyl halides is 3. The van der Waals surface area contributed by atoms with E-state index in [-0.39, 0.29) is 28.6 Å². The van der Waals surface area contributed by atoms with Crippen molar-refractivity contribution in [3.8, 4) is 11.8 Å².